The molecule has 1 amide bonds. The Hall–Kier alpha value is -2.97. The van der Waals surface area contributed by atoms with Gasteiger partial charge < -0.3 is 19.0 Å². The molecule has 8 heteroatoms. The third kappa shape index (κ3) is 4.13. The van der Waals surface area contributed by atoms with E-state index in [1.807, 2.05) is 37.4 Å². The van der Waals surface area contributed by atoms with Crippen molar-refractivity contribution in [3.05, 3.63) is 72.0 Å². The summed E-state index contributed by atoms with van der Waals surface area (Å²) in [5, 5.41) is 3.00. The van der Waals surface area contributed by atoms with Crippen LogP contribution in [0.3, 0.4) is 0 Å². The van der Waals surface area contributed by atoms with Crippen LogP contribution in [-0.4, -0.2) is 44.5 Å². The molecule has 1 N–H and O–H groups in total. The minimum absolute atomic E-state index is 0.101. The van der Waals surface area contributed by atoms with Crippen LogP contribution in [0.25, 0.3) is 0 Å². The molecular weight excluding hydrogens is 394 g/mol. The number of aryl methyl sites for hydroxylation is 1. The number of aromatic nitrogens is 3. The number of hydrogen-bond donors (Lipinski definition) is 1. The number of fused-ring (bicyclic) bond motifs is 2. The monoisotopic (exact) mass is 421 g/mol. The highest BCUT2D eigenvalue weighted by atomic mass is 16.5. The molecule has 0 bridgehead atoms. The summed E-state index contributed by atoms with van der Waals surface area (Å²) >= 11 is 0. The molecule has 8 nitrogen and oxygen atoms in total. The molecule has 5 rings (SSSR count). The molecule has 3 aromatic heterocycles. The van der Waals surface area contributed by atoms with Crippen molar-refractivity contribution in [3.8, 4) is 0 Å². The van der Waals surface area contributed by atoms with Crippen molar-refractivity contribution >= 4 is 5.91 Å². The van der Waals surface area contributed by atoms with Gasteiger partial charge in [0.05, 0.1) is 13.1 Å². The molecule has 31 heavy (non-hydrogen) atoms. The van der Waals surface area contributed by atoms with Crippen LogP contribution in [-0.2, 0) is 34.8 Å². The summed E-state index contributed by atoms with van der Waals surface area (Å²) in [6.07, 6.45) is 8.25. The number of amides is 1. The standard InChI is InChI=1S/C23H27N5O3/c1-17-4-5-19(30-17)15-27-10-6-23(7-11-27)22-25-9-12-28(22)16-20(31-23)21(29)26-14-18-3-2-8-24-13-18/h2-5,8-9,12-13,20H,6-7,10-11,14-16H2,1H3,(H,26,29)/t20-/m1/s1. The fourth-order valence-corrected chi connectivity index (χ4v) is 4.54. The van der Waals surface area contributed by atoms with Crippen LogP contribution < -0.4 is 5.32 Å². The molecule has 1 spiro atoms. The van der Waals surface area contributed by atoms with Gasteiger partial charge in [0.15, 0.2) is 6.10 Å². The first-order valence-electron chi connectivity index (χ1n) is 10.7. The first kappa shape index (κ1) is 20.0. The van der Waals surface area contributed by atoms with Crippen LogP contribution in [0.15, 0.2) is 53.5 Å². The Balaban J connectivity index is 1.26. The molecule has 1 atom stereocenters. The summed E-state index contributed by atoms with van der Waals surface area (Å²) in [4.78, 5) is 24.0. The minimum Gasteiger partial charge on any atom is -0.465 e. The highest BCUT2D eigenvalue weighted by Gasteiger charge is 2.47. The number of likely N-dealkylation sites (tertiary alicyclic amines) is 1. The number of ether oxygens (including phenoxy) is 1. The normalized spacial score (nSPS) is 20.5. The second-order valence-corrected chi connectivity index (χ2v) is 8.37. The lowest BCUT2D eigenvalue weighted by Gasteiger charge is -2.45. The Bertz CT molecular complexity index is 1040. The van der Waals surface area contributed by atoms with E-state index in [0.717, 1.165) is 55.4 Å². The topological polar surface area (TPSA) is 85.4 Å². The fraction of sp³-hybridized carbons (Fsp3) is 0.435. The lowest BCUT2D eigenvalue weighted by atomic mass is 9.88. The number of imidazole rings is 1. The largest absolute Gasteiger partial charge is 0.465 e. The van der Waals surface area contributed by atoms with Crippen molar-refractivity contribution in [3.63, 3.8) is 0 Å². The fourth-order valence-electron chi connectivity index (χ4n) is 4.54. The molecule has 0 aliphatic carbocycles. The van der Waals surface area contributed by atoms with E-state index in [9.17, 15) is 4.79 Å². The Morgan fingerprint density at radius 2 is 2.13 bits per heavy atom. The minimum atomic E-state index is -0.544. The molecule has 0 unspecified atom stereocenters. The SMILES string of the molecule is Cc1ccc(CN2CCC3(CC2)O[C@@H](C(=O)NCc2cccnc2)Cn2ccnc23)o1. The predicted molar refractivity (Wildman–Crippen MR) is 113 cm³/mol. The van der Waals surface area contributed by atoms with Gasteiger partial charge >= 0.3 is 0 Å². The van der Waals surface area contributed by atoms with Crippen LogP contribution in [0.5, 0.6) is 0 Å². The zero-order valence-electron chi connectivity index (χ0n) is 17.7. The van der Waals surface area contributed by atoms with Gasteiger partial charge in [-0.1, -0.05) is 6.07 Å². The van der Waals surface area contributed by atoms with Crippen LogP contribution in [0.4, 0.5) is 0 Å². The van der Waals surface area contributed by atoms with E-state index in [1.165, 1.54) is 0 Å². The molecule has 0 radical (unpaired) electrons. The molecule has 0 saturated carbocycles. The lowest BCUT2D eigenvalue weighted by molar-refractivity contribution is -0.174. The Morgan fingerprint density at radius 1 is 1.26 bits per heavy atom. The van der Waals surface area contributed by atoms with E-state index >= 15 is 0 Å². The number of hydrogen-bond acceptors (Lipinski definition) is 6. The first-order chi connectivity index (χ1) is 15.1. The van der Waals surface area contributed by atoms with Gasteiger partial charge in [-0.3, -0.25) is 14.7 Å². The average Bonchev–Trinajstić information content (AvgIpc) is 3.44. The van der Waals surface area contributed by atoms with Crippen molar-refractivity contribution in [1.82, 2.24) is 24.8 Å². The second-order valence-electron chi connectivity index (χ2n) is 8.37. The van der Waals surface area contributed by atoms with E-state index in [-0.39, 0.29) is 5.91 Å². The zero-order chi connectivity index (χ0) is 21.3. The van der Waals surface area contributed by atoms with Gasteiger partial charge in [0.2, 0.25) is 0 Å². The van der Waals surface area contributed by atoms with Crippen LogP contribution in [0.1, 0.15) is 35.7 Å². The third-order valence-electron chi connectivity index (χ3n) is 6.17. The van der Waals surface area contributed by atoms with E-state index in [0.29, 0.717) is 13.1 Å². The van der Waals surface area contributed by atoms with Gasteiger partial charge in [0, 0.05) is 44.4 Å². The van der Waals surface area contributed by atoms with E-state index < -0.39 is 11.7 Å². The van der Waals surface area contributed by atoms with Gasteiger partial charge in [-0.2, -0.15) is 0 Å². The van der Waals surface area contributed by atoms with Crippen molar-refractivity contribution in [1.29, 1.82) is 0 Å². The second kappa shape index (κ2) is 8.28. The van der Waals surface area contributed by atoms with Gasteiger partial charge in [-0.05, 0) is 43.5 Å². The summed E-state index contributed by atoms with van der Waals surface area (Å²) in [5.74, 6) is 2.74. The van der Waals surface area contributed by atoms with E-state index in [2.05, 4.69) is 24.8 Å². The number of furan rings is 1. The molecule has 3 aromatic rings. The zero-order valence-corrected chi connectivity index (χ0v) is 17.7. The van der Waals surface area contributed by atoms with Crippen molar-refractivity contribution < 1.29 is 13.9 Å². The van der Waals surface area contributed by atoms with E-state index in [4.69, 9.17) is 9.15 Å². The number of nitrogens with one attached hydrogen (secondary N) is 1. The van der Waals surface area contributed by atoms with Gasteiger partial charge in [0.25, 0.3) is 5.91 Å². The van der Waals surface area contributed by atoms with Crippen molar-refractivity contribution in [2.75, 3.05) is 13.1 Å². The summed E-state index contributed by atoms with van der Waals surface area (Å²) in [6.45, 7) is 5.38. The highest BCUT2D eigenvalue weighted by Crippen LogP contribution is 2.40. The molecule has 2 aliphatic rings. The average molecular weight is 422 g/mol. The number of rotatable bonds is 5. The van der Waals surface area contributed by atoms with Crippen molar-refractivity contribution in [2.24, 2.45) is 0 Å². The number of piperidine rings is 1. The maximum atomic E-state index is 12.9. The maximum Gasteiger partial charge on any atom is 0.251 e. The van der Waals surface area contributed by atoms with Crippen LogP contribution in [0, 0.1) is 6.92 Å². The quantitative estimate of drug-likeness (QED) is 0.681. The molecule has 2 aliphatic heterocycles. The number of nitrogens with zero attached hydrogens (tertiary/aromatic N) is 4. The number of pyridine rings is 1. The van der Waals surface area contributed by atoms with E-state index in [1.54, 1.807) is 18.6 Å². The Labute approximate surface area is 181 Å². The maximum absolute atomic E-state index is 12.9. The molecule has 5 heterocycles. The van der Waals surface area contributed by atoms with Crippen LogP contribution in [0.2, 0.25) is 0 Å². The molecule has 0 aromatic carbocycles. The van der Waals surface area contributed by atoms with Crippen molar-refractivity contribution in [2.45, 2.75) is 51.1 Å². The smallest absolute Gasteiger partial charge is 0.251 e. The summed E-state index contributed by atoms with van der Waals surface area (Å²) in [7, 11) is 0. The molecule has 1 fully saturated rings. The van der Waals surface area contributed by atoms with Gasteiger partial charge in [0.1, 0.15) is 22.9 Å². The molecule has 1 saturated heterocycles. The number of carbonyl (C=O) groups excluding carboxylic acids is 1. The van der Waals surface area contributed by atoms with Crippen LogP contribution >= 0.6 is 0 Å². The molecular formula is C23H27N5O3. The predicted octanol–water partition coefficient (Wildman–Crippen LogP) is 2.39. The first-order valence-corrected chi connectivity index (χ1v) is 10.7. The third-order valence-corrected chi connectivity index (χ3v) is 6.17. The lowest BCUT2D eigenvalue weighted by Crippen LogP contribution is -2.53. The summed E-state index contributed by atoms with van der Waals surface area (Å²) in [6, 6.07) is 7.84. The highest BCUT2D eigenvalue weighted by molar-refractivity contribution is 5.80. The molecule has 162 valence electrons. The summed E-state index contributed by atoms with van der Waals surface area (Å²) < 4.78 is 14.3. The Kier molecular flexibility index (Phi) is 5.33. The van der Waals surface area contributed by atoms with Gasteiger partial charge in [-0.15, -0.1) is 0 Å². The Morgan fingerprint density at radius 3 is 2.87 bits per heavy atom. The van der Waals surface area contributed by atoms with Gasteiger partial charge in [-0.25, -0.2) is 4.98 Å². The number of carbonyl (C=O) groups is 1. The summed E-state index contributed by atoms with van der Waals surface area (Å²) in [5.41, 5.74) is 0.430.